The molecule has 1 fully saturated rings. The van der Waals surface area contributed by atoms with Crippen LogP contribution >= 0.6 is 0 Å². The lowest BCUT2D eigenvalue weighted by atomic mass is 10.0. The number of hydrogen-bond donors (Lipinski definition) is 0. The van der Waals surface area contributed by atoms with Crippen molar-refractivity contribution in [1.29, 1.82) is 0 Å². The molecule has 0 radical (unpaired) electrons. The fourth-order valence-electron chi connectivity index (χ4n) is 2.94. The number of methoxy groups -OCH3 is 1. The monoisotopic (exact) mass is 393 g/mol. The zero-order valence-corrected chi connectivity index (χ0v) is 15.4. The van der Waals surface area contributed by atoms with Gasteiger partial charge in [-0.1, -0.05) is 13.8 Å². The Hall–Kier alpha value is -1.97. The number of carbonyl (C=O) groups excluding carboxylic acids is 1. The molecule has 0 N–H and O–H groups in total. The van der Waals surface area contributed by atoms with Gasteiger partial charge >= 0.3 is 12.1 Å². The summed E-state index contributed by atoms with van der Waals surface area (Å²) < 4.78 is 58.1. The number of rotatable bonds is 7. The molecule has 0 amide bonds. The molecule has 1 aliphatic rings. The van der Waals surface area contributed by atoms with Crippen molar-refractivity contribution in [3.63, 3.8) is 0 Å². The second-order valence-electron chi connectivity index (χ2n) is 7.07. The zero-order valence-electron chi connectivity index (χ0n) is 15.4. The van der Waals surface area contributed by atoms with E-state index >= 15 is 0 Å². The van der Waals surface area contributed by atoms with E-state index in [1.165, 1.54) is 0 Å². The van der Waals surface area contributed by atoms with Gasteiger partial charge in [-0.2, -0.15) is 18.3 Å². The minimum Gasteiger partial charge on any atom is -0.467 e. The molecule has 1 atom stereocenters. The second kappa shape index (κ2) is 8.37. The molecule has 0 aliphatic carbocycles. The normalized spacial score (nSPS) is 17.0. The van der Waals surface area contributed by atoms with Gasteiger partial charge in [-0.3, -0.25) is 9.69 Å². The molecule has 2 heterocycles. The third-order valence-corrected chi connectivity index (χ3v) is 4.35. The summed E-state index contributed by atoms with van der Waals surface area (Å²) in [5.41, 5.74) is -2.74. The summed E-state index contributed by atoms with van der Waals surface area (Å²) in [5.74, 6) is -0.907. The van der Waals surface area contributed by atoms with Gasteiger partial charge < -0.3 is 4.74 Å². The fraction of sp³-hybridized carbons (Fsp3) is 0.706. The Morgan fingerprint density at radius 1 is 1.37 bits per heavy atom. The maximum absolute atomic E-state index is 13.3. The Balaban J connectivity index is 2.42. The summed E-state index contributed by atoms with van der Waals surface area (Å²) in [7, 11) is 1.10. The lowest BCUT2D eigenvalue weighted by Crippen LogP contribution is -2.49. The third kappa shape index (κ3) is 5.27. The van der Waals surface area contributed by atoms with Crippen LogP contribution in [0.1, 0.15) is 37.6 Å². The molecule has 1 unspecified atom stereocenters. The highest BCUT2D eigenvalue weighted by molar-refractivity contribution is 5.73. The molecule has 0 aromatic carbocycles. The van der Waals surface area contributed by atoms with Crippen LogP contribution in [0, 0.1) is 5.92 Å². The van der Waals surface area contributed by atoms with Crippen molar-refractivity contribution >= 4 is 5.97 Å². The van der Waals surface area contributed by atoms with Gasteiger partial charge in [-0.15, -0.1) is 0 Å². The zero-order chi connectivity index (χ0) is 20.4. The standard InChI is InChI=1S/C17H23F4N3O3/c1-10(2)6-14(16(26)27-3)24-15(25)13(17(19,20)21)7-12(22-24)4-5-23-8-11(18)9-23/h7,10-11,14H,4-6,8-9H2,1-3H3. The maximum atomic E-state index is 13.3. The van der Waals surface area contributed by atoms with Crippen LogP contribution in [0.15, 0.2) is 10.9 Å². The molecular formula is C17H23F4N3O3. The van der Waals surface area contributed by atoms with Gasteiger partial charge in [0.05, 0.1) is 12.8 Å². The summed E-state index contributed by atoms with van der Waals surface area (Å²) in [6, 6.07) is -0.544. The highest BCUT2D eigenvalue weighted by Crippen LogP contribution is 2.28. The first-order chi connectivity index (χ1) is 12.5. The van der Waals surface area contributed by atoms with Crippen LogP contribution in [0.25, 0.3) is 0 Å². The van der Waals surface area contributed by atoms with Crippen LogP contribution in [0.5, 0.6) is 0 Å². The van der Waals surface area contributed by atoms with Crippen LogP contribution < -0.4 is 5.56 Å². The van der Waals surface area contributed by atoms with Crippen LogP contribution in [0.3, 0.4) is 0 Å². The molecule has 1 aromatic heterocycles. The molecule has 0 spiro atoms. The number of aromatic nitrogens is 2. The van der Waals surface area contributed by atoms with Crippen molar-refractivity contribution in [3.8, 4) is 0 Å². The third-order valence-electron chi connectivity index (χ3n) is 4.35. The summed E-state index contributed by atoms with van der Waals surface area (Å²) in [6.07, 6.45) is -5.59. The first-order valence-corrected chi connectivity index (χ1v) is 8.67. The molecule has 1 aromatic rings. The maximum Gasteiger partial charge on any atom is 0.421 e. The fourth-order valence-corrected chi connectivity index (χ4v) is 2.94. The van der Waals surface area contributed by atoms with Crippen molar-refractivity contribution in [2.24, 2.45) is 5.92 Å². The molecule has 152 valence electrons. The predicted molar refractivity (Wildman–Crippen MR) is 89.0 cm³/mol. The number of ether oxygens (including phenoxy) is 1. The first kappa shape index (κ1) is 21.3. The quantitative estimate of drug-likeness (QED) is 0.525. The second-order valence-corrected chi connectivity index (χ2v) is 7.07. The van der Waals surface area contributed by atoms with E-state index in [2.05, 4.69) is 9.84 Å². The van der Waals surface area contributed by atoms with Crippen molar-refractivity contribution in [3.05, 3.63) is 27.7 Å². The number of likely N-dealkylation sites (tertiary alicyclic amines) is 1. The van der Waals surface area contributed by atoms with E-state index in [4.69, 9.17) is 0 Å². The van der Waals surface area contributed by atoms with Gasteiger partial charge in [-0.05, 0) is 18.4 Å². The van der Waals surface area contributed by atoms with Gasteiger partial charge in [0.15, 0.2) is 6.04 Å². The number of hydrogen-bond acceptors (Lipinski definition) is 5. The molecule has 27 heavy (non-hydrogen) atoms. The topological polar surface area (TPSA) is 64.4 Å². The van der Waals surface area contributed by atoms with E-state index in [-0.39, 0.29) is 37.5 Å². The SMILES string of the molecule is COC(=O)C(CC(C)C)n1nc(CCN2CC(F)C2)cc(C(F)(F)F)c1=O. The largest absolute Gasteiger partial charge is 0.467 e. The summed E-state index contributed by atoms with van der Waals surface area (Å²) >= 11 is 0. The lowest BCUT2D eigenvalue weighted by molar-refractivity contribution is -0.147. The first-order valence-electron chi connectivity index (χ1n) is 8.67. The molecule has 2 rings (SSSR count). The summed E-state index contributed by atoms with van der Waals surface area (Å²) in [5, 5.41) is 4.00. The molecule has 10 heteroatoms. The number of nitrogens with zero attached hydrogens (tertiary/aromatic N) is 3. The Labute approximate surface area is 154 Å². The number of halogens is 4. The number of alkyl halides is 4. The summed E-state index contributed by atoms with van der Waals surface area (Å²) in [6.45, 7) is 4.31. The highest BCUT2D eigenvalue weighted by atomic mass is 19.4. The van der Waals surface area contributed by atoms with Gasteiger partial charge in [0.25, 0.3) is 5.56 Å². The Bertz CT molecular complexity index is 727. The molecule has 0 bridgehead atoms. The van der Waals surface area contributed by atoms with Crippen molar-refractivity contribution < 1.29 is 27.1 Å². The van der Waals surface area contributed by atoms with Gasteiger partial charge in [-0.25, -0.2) is 13.9 Å². The minimum absolute atomic E-state index is 0.0156. The predicted octanol–water partition coefficient (Wildman–Crippen LogP) is 2.22. The van der Waals surface area contributed by atoms with E-state index in [0.29, 0.717) is 17.3 Å². The Morgan fingerprint density at radius 2 is 2.00 bits per heavy atom. The van der Waals surface area contributed by atoms with E-state index in [9.17, 15) is 27.2 Å². The molecular weight excluding hydrogens is 370 g/mol. The van der Waals surface area contributed by atoms with Crippen molar-refractivity contribution in [1.82, 2.24) is 14.7 Å². The number of carbonyl (C=O) groups is 1. The summed E-state index contributed by atoms with van der Waals surface area (Å²) in [4.78, 5) is 26.2. The lowest BCUT2D eigenvalue weighted by Gasteiger charge is -2.34. The average Bonchev–Trinajstić information content (AvgIpc) is 2.54. The van der Waals surface area contributed by atoms with E-state index in [1.807, 2.05) is 0 Å². The van der Waals surface area contributed by atoms with E-state index in [1.54, 1.807) is 18.7 Å². The smallest absolute Gasteiger partial charge is 0.421 e. The molecule has 0 saturated carbocycles. The minimum atomic E-state index is -4.88. The van der Waals surface area contributed by atoms with Crippen molar-refractivity contribution in [2.75, 3.05) is 26.7 Å². The van der Waals surface area contributed by atoms with Gasteiger partial charge in [0.1, 0.15) is 11.7 Å². The Morgan fingerprint density at radius 3 is 2.48 bits per heavy atom. The van der Waals surface area contributed by atoms with E-state index in [0.717, 1.165) is 7.11 Å². The Kier molecular flexibility index (Phi) is 6.61. The van der Waals surface area contributed by atoms with Crippen molar-refractivity contribution in [2.45, 2.75) is 45.1 Å². The van der Waals surface area contributed by atoms with Crippen LogP contribution in [0.4, 0.5) is 17.6 Å². The molecule has 1 saturated heterocycles. The van der Waals surface area contributed by atoms with Crippen LogP contribution in [0.2, 0.25) is 0 Å². The highest BCUT2D eigenvalue weighted by Gasteiger charge is 2.37. The van der Waals surface area contributed by atoms with Crippen LogP contribution in [-0.4, -0.2) is 53.6 Å². The number of esters is 1. The van der Waals surface area contributed by atoms with Crippen LogP contribution in [-0.2, 0) is 22.1 Å². The van der Waals surface area contributed by atoms with Gasteiger partial charge in [0, 0.05) is 26.1 Å². The average molecular weight is 393 g/mol. The van der Waals surface area contributed by atoms with E-state index < -0.39 is 35.5 Å². The van der Waals surface area contributed by atoms with Gasteiger partial charge in [0.2, 0.25) is 0 Å². The molecule has 1 aliphatic heterocycles. The molecule has 6 nitrogen and oxygen atoms in total.